The molecule has 2 aromatic rings. The molecule has 1 aliphatic heterocycles. The molecule has 1 saturated heterocycles. The summed E-state index contributed by atoms with van der Waals surface area (Å²) in [6.45, 7) is 10.5. The smallest absolute Gasteiger partial charge is 0.338 e. The largest absolute Gasteiger partial charge is 0.383 e. The molecule has 0 unspecified atom stereocenters. The van der Waals surface area contributed by atoms with Crippen molar-refractivity contribution in [1.29, 1.82) is 0 Å². The molecule has 1 aromatic heterocycles. The summed E-state index contributed by atoms with van der Waals surface area (Å²) in [7, 11) is 1.50. The van der Waals surface area contributed by atoms with Gasteiger partial charge in [0.25, 0.3) is 11.8 Å². The molecular formula is C24H29N3O4. The maximum Gasteiger partial charge on any atom is 0.338 e. The van der Waals surface area contributed by atoms with E-state index in [0.29, 0.717) is 5.69 Å². The summed E-state index contributed by atoms with van der Waals surface area (Å²) in [6, 6.07) is 9.91. The first kappa shape index (κ1) is 22.5. The van der Waals surface area contributed by atoms with Gasteiger partial charge in [-0.25, -0.2) is 9.69 Å². The van der Waals surface area contributed by atoms with Crippen molar-refractivity contribution in [3.8, 4) is 0 Å². The molecule has 1 aliphatic rings. The van der Waals surface area contributed by atoms with Crippen molar-refractivity contribution in [3.05, 3.63) is 58.9 Å². The molecule has 0 radical (unpaired) electrons. The summed E-state index contributed by atoms with van der Waals surface area (Å²) in [5, 5.41) is 0. The number of nitrogens with zero attached hydrogens (tertiary/aromatic N) is 3. The Labute approximate surface area is 182 Å². The Morgan fingerprint density at radius 3 is 2.19 bits per heavy atom. The molecule has 164 valence electrons. The molecule has 0 saturated carbocycles. The molecule has 4 amide bonds. The summed E-state index contributed by atoms with van der Waals surface area (Å²) >= 11 is 0. The minimum absolute atomic E-state index is 0.0475. The number of methoxy groups -OCH3 is 1. The number of carbonyl (C=O) groups is 3. The van der Waals surface area contributed by atoms with Crippen LogP contribution in [0, 0.1) is 13.8 Å². The van der Waals surface area contributed by atoms with E-state index in [9.17, 15) is 14.4 Å². The fourth-order valence-corrected chi connectivity index (χ4v) is 4.08. The Bertz CT molecular complexity index is 1040. The van der Waals surface area contributed by atoms with Gasteiger partial charge in [-0.15, -0.1) is 0 Å². The first-order chi connectivity index (χ1) is 14.6. The molecule has 3 rings (SSSR count). The lowest BCUT2D eigenvalue weighted by Gasteiger charge is -2.33. The van der Waals surface area contributed by atoms with E-state index in [-0.39, 0.29) is 24.3 Å². The lowest BCUT2D eigenvalue weighted by atomic mass is 10.0. The van der Waals surface area contributed by atoms with Crippen LogP contribution in [-0.4, -0.2) is 47.6 Å². The fraction of sp³-hybridized carbons (Fsp3) is 0.375. The molecule has 0 spiro atoms. The van der Waals surface area contributed by atoms with E-state index >= 15 is 0 Å². The number of hydrogen-bond acceptors (Lipinski definition) is 4. The quantitative estimate of drug-likeness (QED) is 0.540. The maximum absolute atomic E-state index is 13.3. The second-order valence-corrected chi connectivity index (χ2v) is 8.60. The Morgan fingerprint density at radius 2 is 1.65 bits per heavy atom. The fourth-order valence-electron chi connectivity index (χ4n) is 4.08. The van der Waals surface area contributed by atoms with Crippen LogP contribution in [0.3, 0.4) is 0 Å². The third-order valence-corrected chi connectivity index (χ3v) is 5.31. The zero-order valence-corrected chi connectivity index (χ0v) is 18.9. The van der Waals surface area contributed by atoms with Crippen LogP contribution in [0.15, 0.2) is 42.0 Å². The number of aromatic nitrogens is 1. The monoisotopic (exact) mass is 423 g/mol. The highest BCUT2D eigenvalue weighted by atomic mass is 16.5. The van der Waals surface area contributed by atoms with E-state index in [4.69, 9.17) is 4.74 Å². The molecule has 0 atom stereocenters. The molecule has 0 bridgehead atoms. The summed E-state index contributed by atoms with van der Waals surface area (Å²) in [5.41, 5.74) is 2.97. The highest BCUT2D eigenvalue weighted by Crippen LogP contribution is 2.29. The number of rotatable bonds is 5. The lowest BCUT2D eigenvalue weighted by Crippen LogP contribution is -2.57. The Balaban J connectivity index is 2.13. The summed E-state index contributed by atoms with van der Waals surface area (Å²) in [4.78, 5) is 41.6. The lowest BCUT2D eigenvalue weighted by molar-refractivity contribution is -0.129. The third-order valence-electron chi connectivity index (χ3n) is 5.31. The first-order valence-electron chi connectivity index (χ1n) is 10.2. The average Bonchev–Trinajstić information content (AvgIpc) is 2.99. The summed E-state index contributed by atoms with van der Waals surface area (Å²) in [6.07, 6.45) is 1.59. The van der Waals surface area contributed by atoms with E-state index < -0.39 is 17.8 Å². The number of hydrogen-bond donors (Lipinski definition) is 0. The van der Waals surface area contributed by atoms with E-state index in [1.807, 2.05) is 19.9 Å². The second kappa shape index (κ2) is 8.51. The van der Waals surface area contributed by atoms with Crippen LogP contribution in [0.4, 0.5) is 10.5 Å². The van der Waals surface area contributed by atoms with Crippen LogP contribution in [-0.2, 0) is 19.9 Å². The van der Waals surface area contributed by atoms with E-state index in [0.717, 1.165) is 26.8 Å². The van der Waals surface area contributed by atoms with Crippen LogP contribution in [0.1, 0.15) is 37.7 Å². The van der Waals surface area contributed by atoms with Crippen LogP contribution in [0.25, 0.3) is 6.08 Å². The van der Waals surface area contributed by atoms with Gasteiger partial charge in [-0.1, -0.05) is 18.2 Å². The van der Waals surface area contributed by atoms with Gasteiger partial charge < -0.3 is 9.30 Å². The average molecular weight is 424 g/mol. The van der Waals surface area contributed by atoms with E-state index in [1.165, 1.54) is 7.11 Å². The topological polar surface area (TPSA) is 71.8 Å². The number of para-hydroxylation sites is 1. The third kappa shape index (κ3) is 4.18. The van der Waals surface area contributed by atoms with Gasteiger partial charge in [-0.2, -0.15) is 0 Å². The molecule has 0 aliphatic carbocycles. The zero-order chi connectivity index (χ0) is 22.9. The van der Waals surface area contributed by atoms with Crippen LogP contribution in [0.2, 0.25) is 0 Å². The normalized spacial score (nSPS) is 16.6. The van der Waals surface area contributed by atoms with Gasteiger partial charge >= 0.3 is 6.03 Å². The number of imide groups is 2. The Kier molecular flexibility index (Phi) is 6.18. The van der Waals surface area contributed by atoms with Crippen molar-refractivity contribution in [3.63, 3.8) is 0 Å². The molecule has 1 fully saturated rings. The molecule has 1 aromatic carbocycles. The van der Waals surface area contributed by atoms with E-state index in [2.05, 4.69) is 25.3 Å². The number of carbonyl (C=O) groups excluding carboxylic acids is 3. The second-order valence-electron chi connectivity index (χ2n) is 8.60. The predicted octanol–water partition coefficient (Wildman–Crippen LogP) is 3.89. The molecule has 31 heavy (non-hydrogen) atoms. The highest BCUT2D eigenvalue weighted by Gasteiger charge is 2.42. The van der Waals surface area contributed by atoms with Crippen molar-refractivity contribution >= 4 is 29.6 Å². The number of benzene rings is 1. The summed E-state index contributed by atoms with van der Waals surface area (Å²) in [5.74, 6) is -1.24. The van der Waals surface area contributed by atoms with Gasteiger partial charge in [0.15, 0.2) is 0 Å². The Morgan fingerprint density at radius 1 is 1.00 bits per heavy atom. The molecule has 7 heteroatoms. The minimum Gasteiger partial charge on any atom is -0.383 e. The molecular weight excluding hydrogens is 394 g/mol. The van der Waals surface area contributed by atoms with Crippen LogP contribution < -0.4 is 4.90 Å². The number of anilines is 1. The zero-order valence-electron chi connectivity index (χ0n) is 18.9. The van der Waals surface area contributed by atoms with Gasteiger partial charge in [0.2, 0.25) is 0 Å². The van der Waals surface area contributed by atoms with Gasteiger partial charge in [-0.3, -0.25) is 14.5 Å². The van der Waals surface area contributed by atoms with Crippen molar-refractivity contribution in [1.82, 2.24) is 9.47 Å². The Hall–Kier alpha value is -3.19. The van der Waals surface area contributed by atoms with Crippen molar-refractivity contribution < 1.29 is 19.1 Å². The first-order valence-corrected chi connectivity index (χ1v) is 10.2. The van der Waals surface area contributed by atoms with Crippen molar-refractivity contribution in [2.75, 3.05) is 25.2 Å². The van der Waals surface area contributed by atoms with Crippen molar-refractivity contribution in [2.45, 2.75) is 40.2 Å². The highest BCUT2D eigenvalue weighted by molar-refractivity contribution is 6.39. The van der Waals surface area contributed by atoms with Gasteiger partial charge in [0, 0.05) is 24.0 Å². The minimum atomic E-state index is -0.671. The van der Waals surface area contributed by atoms with Crippen LogP contribution >= 0.6 is 0 Å². The number of ether oxygens (including phenoxy) is 1. The van der Waals surface area contributed by atoms with Gasteiger partial charge in [0.05, 0.1) is 18.8 Å². The van der Waals surface area contributed by atoms with E-state index in [1.54, 1.807) is 36.4 Å². The van der Waals surface area contributed by atoms with Gasteiger partial charge in [0.1, 0.15) is 5.57 Å². The number of aryl methyl sites for hydroxylation is 1. The molecule has 0 N–H and O–H groups in total. The van der Waals surface area contributed by atoms with Gasteiger partial charge in [-0.05, 0) is 64.5 Å². The standard InChI is InChI=1S/C24H29N3O4/c1-16-14-18(17(2)27(16)24(3,4)5)15-20-21(28)25(12-13-31-6)23(30)26(22(20)29)19-10-8-7-9-11-19/h7-11,14-15H,12-13H2,1-6H3/b20-15-. The predicted molar refractivity (Wildman–Crippen MR) is 120 cm³/mol. The number of urea groups is 1. The van der Waals surface area contributed by atoms with Crippen LogP contribution in [0.5, 0.6) is 0 Å². The molecule has 2 heterocycles. The SMILES string of the molecule is COCCN1C(=O)/C(=C/c2cc(C)n(C(C)(C)C)c2C)C(=O)N(c2ccccc2)C1=O. The number of amides is 4. The summed E-state index contributed by atoms with van der Waals surface area (Å²) < 4.78 is 7.23. The van der Waals surface area contributed by atoms with Crippen molar-refractivity contribution in [2.24, 2.45) is 0 Å². The number of barbiturate groups is 1. The molecule has 7 nitrogen and oxygen atoms in total. The maximum atomic E-state index is 13.3.